The van der Waals surface area contributed by atoms with Crippen molar-refractivity contribution < 1.29 is 19.1 Å². The van der Waals surface area contributed by atoms with Gasteiger partial charge in [-0.3, -0.25) is 4.90 Å². The first kappa shape index (κ1) is 24.0. The first-order chi connectivity index (χ1) is 16.8. The van der Waals surface area contributed by atoms with E-state index < -0.39 is 35.9 Å². The van der Waals surface area contributed by atoms with Gasteiger partial charge in [0, 0.05) is 6.42 Å². The molecule has 0 aliphatic carbocycles. The maximum absolute atomic E-state index is 13.7. The third-order valence-electron chi connectivity index (χ3n) is 5.86. The number of amides is 1. The Labute approximate surface area is 205 Å². The summed E-state index contributed by atoms with van der Waals surface area (Å²) in [7, 11) is 0. The van der Waals surface area contributed by atoms with Crippen molar-refractivity contribution in [2.45, 2.75) is 51.0 Å². The highest BCUT2D eigenvalue weighted by molar-refractivity contribution is 5.84. The monoisotopic (exact) mass is 468 g/mol. The highest BCUT2D eigenvalue weighted by Crippen LogP contribution is 2.43. The second-order valence-electron chi connectivity index (χ2n) is 9.50. The number of morpholine rings is 1. The normalized spacial score (nSPS) is 20.0. The summed E-state index contributed by atoms with van der Waals surface area (Å²) in [5.74, 6) is -0.537. The van der Waals surface area contributed by atoms with E-state index in [-0.39, 0.29) is 6.42 Å². The topological polar surface area (TPSA) is 79.6 Å². The molecule has 3 aromatic carbocycles. The predicted molar refractivity (Wildman–Crippen MR) is 131 cm³/mol. The first-order valence-corrected chi connectivity index (χ1v) is 11.6. The second-order valence-corrected chi connectivity index (χ2v) is 9.50. The van der Waals surface area contributed by atoms with Crippen molar-refractivity contribution in [2.75, 3.05) is 0 Å². The van der Waals surface area contributed by atoms with E-state index in [1.54, 1.807) is 39.0 Å². The Morgan fingerprint density at radius 3 is 2.11 bits per heavy atom. The number of cyclic esters (lactones) is 1. The van der Waals surface area contributed by atoms with E-state index in [2.05, 4.69) is 6.07 Å². The summed E-state index contributed by atoms with van der Waals surface area (Å²) in [4.78, 5) is 28.7. The van der Waals surface area contributed by atoms with Gasteiger partial charge in [-0.05, 0) is 43.5 Å². The number of ether oxygens (including phenoxy) is 2. The van der Waals surface area contributed by atoms with Crippen LogP contribution in [-0.2, 0) is 20.7 Å². The van der Waals surface area contributed by atoms with Crippen LogP contribution in [0.2, 0.25) is 0 Å². The van der Waals surface area contributed by atoms with Gasteiger partial charge < -0.3 is 9.47 Å². The number of carbonyl (C=O) groups excluding carboxylic acids is 2. The van der Waals surface area contributed by atoms with Crippen LogP contribution in [0.1, 0.15) is 55.2 Å². The van der Waals surface area contributed by atoms with Crippen LogP contribution in [-0.4, -0.2) is 28.6 Å². The van der Waals surface area contributed by atoms with Crippen LogP contribution in [0.25, 0.3) is 0 Å². The lowest BCUT2D eigenvalue weighted by atomic mass is 9.89. The summed E-state index contributed by atoms with van der Waals surface area (Å²) in [6.07, 6.45) is -1.20. The number of esters is 1. The van der Waals surface area contributed by atoms with E-state index in [1.165, 1.54) is 4.90 Å². The van der Waals surface area contributed by atoms with Crippen molar-refractivity contribution in [2.24, 2.45) is 0 Å². The molecule has 0 radical (unpaired) electrons. The minimum atomic E-state index is -0.968. The molecule has 1 aliphatic heterocycles. The lowest BCUT2D eigenvalue weighted by molar-refractivity contribution is -0.174. The third kappa shape index (κ3) is 5.36. The molecule has 1 heterocycles. The molecule has 0 spiro atoms. The zero-order valence-electron chi connectivity index (χ0n) is 20.0. The molecule has 1 amide bonds. The minimum absolute atomic E-state index is 0.132. The van der Waals surface area contributed by atoms with E-state index in [4.69, 9.17) is 9.47 Å². The van der Waals surface area contributed by atoms with Crippen LogP contribution in [0.3, 0.4) is 0 Å². The van der Waals surface area contributed by atoms with Gasteiger partial charge in [0.25, 0.3) is 0 Å². The molecule has 0 N–H and O–H groups in total. The van der Waals surface area contributed by atoms with Crippen molar-refractivity contribution in [1.29, 1.82) is 5.26 Å². The van der Waals surface area contributed by atoms with Gasteiger partial charge in [-0.2, -0.15) is 5.26 Å². The van der Waals surface area contributed by atoms with Gasteiger partial charge in [0.1, 0.15) is 17.7 Å². The van der Waals surface area contributed by atoms with Crippen LogP contribution >= 0.6 is 0 Å². The van der Waals surface area contributed by atoms with Gasteiger partial charge in [0.2, 0.25) is 0 Å². The van der Waals surface area contributed by atoms with Gasteiger partial charge in [-0.25, -0.2) is 9.59 Å². The van der Waals surface area contributed by atoms with E-state index in [1.807, 2.05) is 66.7 Å². The summed E-state index contributed by atoms with van der Waals surface area (Å²) in [5, 5.41) is 9.59. The zero-order valence-corrected chi connectivity index (χ0v) is 20.0. The Balaban J connectivity index is 1.85. The molecule has 3 atom stereocenters. The van der Waals surface area contributed by atoms with Crippen molar-refractivity contribution >= 4 is 12.1 Å². The Kier molecular flexibility index (Phi) is 6.88. The standard InChI is InChI=1S/C29H28N2O4/c1-29(2,3)35-28(33)31-24(18-22-16-10-11-17-23(22)19-30)27(32)34-26(21-14-8-5-9-15-21)25(31)20-12-6-4-7-13-20/h4-17,24-26H,18H2,1-3H3/t24-,25-,26-/m0/s1. The molecule has 4 rings (SSSR count). The zero-order chi connectivity index (χ0) is 25.0. The molecule has 6 heteroatoms. The number of hydrogen-bond acceptors (Lipinski definition) is 5. The second kappa shape index (κ2) is 10.0. The molecule has 0 bridgehead atoms. The van der Waals surface area contributed by atoms with E-state index in [0.717, 1.165) is 11.1 Å². The predicted octanol–water partition coefficient (Wildman–Crippen LogP) is 5.75. The SMILES string of the molecule is CC(C)(C)OC(=O)N1[C@@H](Cc2ccccc2C#N)C(=O)O[C@@H](c2ccccc2)[C@@H]1c1ccccc1. The first-order valence-electron chi connectivity index (χ1n) is 11.6. The molecule has 178 valence electrons. The van der Waals surface area contributed by atoms with Crippen molar-refractivity contribution in [1.82, 2.24) is 4.90 Å². The molecule has 6 nitrogen and oxygen atoms in total. The Morgan fingerprint density at radius 2 is 1.51 bits per heavy atom. The molecule has 35 heavy (non-hydrogen) atoms. The fourth-order valence-electron chi connectivity index (χ4n) is 4.35. The molecule has 3 aromatic rings. The highest BCUT2D eigenvalue weighted by Gasteiger charge is 2.49. The smallest absolute Gasteiger partial charge is 0.411 e. The number of carbonyl (C=O) groups is 2. The average Bonchev–Trinajstić information content (AvgIpc) is 2.85. The Morgan fingerprint density at radius 1 is 0.943 bits per heavy atom. The maximum Gasteiger partial charge on any atom is 0.411 e. The summed E-state index contributed by atoms with van der Waals surface area (Å²) < 4.78 is 11.8. The molecule has 1 fully saturated rings. The number of rotatable bonds is 4. The molecule has 1 aliphatic rings. The van der Waals surface area contributed by atoms with Crippen LogP contribution in [0, 0.1) is 11.3 Å². The molecular weight excluding hydrogens is 440 g/mol. The van der Waals surface area contributed by atoms with E-state index in [9.17, 15) is 14.9 Å². The van der Waals surface area contributed by atoms with Crippen LogP contribution in [0.4, 0.5) is 4.79 Å². The molecule has 0 unspecified atom stereocenters. The summed E-state index contributed by atoms with van der Waals surface area (Å²) in [6, 6.07) is 26.6. The minimum Gasteiger partial charge on any atom is -0.453 e. The lowest BCUT2D eigenvalue weighted by Crippen LogP contribution is -2.56. The van der Waals surface area contributed by atoms with E-state index >= 15 is 0 Å². The fourth-order valence-corrected chi connectivity index (χ4v) is 4.35. The van der Waals surface area contributed by atoms with E-state index in [0.29, 0.717) is 11.1 Å². The lowest BCUT2D eigenvalue weighted by Gasteiger charge is -2.45. The summed E-state index contributed by atoms with van der Waals surface area (Å²) in [6.45, 7) is 5.37. The van der Waals surface area contributed by atoms with Crippen molar-refractivity contribution in [3.05, 3.63) is 107 Å². The van der Waals surface area contributed by atoms with Gasteiger partial charge >= 0.3 is 12.1 Å². The molecule has 0 aromatic heterocycles. The van der Waals surface area contributed by atoms with Gasteiger partial charge in [0.15, 0.2) is 6.10 Å². The average molecular weight is 469 g/mol. The highest BCUT2D eigenvalue weighted by atomic mass is 16.6. The summed E-state index contributed by atoms with van der Waals surface area (Å²) >= 11 is 0. The van der Waals surface area contributed by atoms with Gasteiger partial charge in [-0.1, -0.05) is 78.9 Å². The number of nitrogens with zero attached hydrogens (tertiary/aromatic N) is 2. The van der Waals surface area contributed by atoms with Crippen molar-refractivity contribution in [3.8, 4) is 6.07 Å². The largest absolute Gasteiger partial charge is 0.453 e. The molecule has 0 saturated carbocycles. The number of benzene rings is 3. The summed E-state index contributed by atoms with van der Waals surface area (Å²) in [5.41, 5.74) is 1.94. The number of hydrogen-bond donors (Lipinski definition) is 0. The maximum atomic E-state index is 13.7. The quantitative estimate of drug-likeness (QED) is 0.456. The van der Waals surface area contributed by atoms with Gasteiger partial charge in [0.05, 0.1) is 11.6 Å². The van der Waals surface area contributed by atoms with Gasteiger partial charge in [-0.15, -0.1) is 0 Å². The Hall–Kier alpha value is -4.11. The van der Waals surface area contributed by atoms with Crippen LogP contribution in [0.5, 0.6) is 0 Å². The Bertz CT molecular complexity index is 1230. The van der Waals surface area contributed by atoms with Crippen LogP contribution in [0.15, 0.2) is 84.9 Å². The van der Waals surface area contributed by atoms with Crippen LogP contribution < -0.4 is 0 Å². The fraction of sp³-hybridized carbons (Fsp3) is 0.276. The molecular formula is C29H28N2O4. The van der Waals surface area contributed by atoms with Crippen molar-refractivity contribution in [3.63, 3.8) is 0 Å². The third-order valence-corrected chi connectivity index (χ3v) is 5.86. The molecule has 1 saturated heterocycles. The number of nitriles is 1.